The molecule has 0 aliphatic heterocycles. The number of hydrogen-bond donors (Lipinski definition) is 1. The summed E-state index contributed by atoms with van der Waals surface area (Å²) in [5.74, 6) is -0.888. The van der Waals surface area contributed by atoms with Crippen LogP contribution in [0.1, 0.15) is 15.2 Å². The summed E-state index contributed by atoms with van der Waals surface area (Å²) in [6.45, 7) is 0.766. The smallest absolute Gasteiger partial charge is 0.335 e. The summed E-state index contributed by atoms with van der Waals surface area (Å²) in [4.78, 5) is 16.1. The Bertz CT molecular complexity index is 701. The van der Waals surface area contributed by atoms with Gasteiger partial charge in [0.05, 0.1) is 18.4 Å². The van der Waals surface area contributed by atoms with Crippen LogP contribution in [0.2, 0.25) is 0 Å². The molecule has 90 valence electrons. The van der Waals surface area contributed by atoms with E-state index in [0.717, 1.165) is 16.6 Å². The number of carboxylic acid groups (broad SMARTS) is 1. The largest absolute Gasteiger partial charge is 0.478 e. The highest BCUT2D eigenvalue weighted by molar-refractivity contribution is 7.19. The van der Waals surface area contributed by atoms with Crippen molar-refractivity contribution >= 4 is 27.4 Å². The highest BCUT2D eigenvalue weighted by atomic mass is 32.1. The molecule has 0 saturated carbocycles. The van der Waals surface area contributed by atoms with E-state index in [0.29, 0.717) is 5.56 Å². The van der Waals surface area contributed by atoms with Crippen molar-refractivity contribution in [1.29, 1.82) is 0 Å². The van der Waals surface area contributed by atoms with Crippen molar-refractivity contribution in [3.8, 4) is 0 Å². The van der Waals surface area contributed by atoms with E-state index in [-0.39, 0.29) is 0 Å². The molecule has 4 nitrogen and oxygen atoms in total. The number of hydrogen-bond acceptors (Lipinski definition) is 3. The molecule has 2 heterocycles. The molecule has 0 bridgehead atoms. The highest BCUT2D eigenvalue weighted by Crippen LogP contribution is 2.27. The first-order valence-corrected chi connectivity index (χ1v) is 6.25. The molecule has 5 heteroatoms. The SMILES string of the molecule is O=C(O)c1ccc2cc(Cn3ccnc3)sc2c1. The van der Waals surface area contributed by atoms with Gasteiger partial charge in [-0.1, -0.05) is 6.07 Å². The summed E-state index contributed by atoms with van der Waals surface area (Å²) >= 11 is 1.62. The zero-order valence-electron chi connectivity index (χ0n) is 9.41. The van der Waals surface area contributed by atoms with Crippen LogP contribution in [0.15, 0.2) is 43.0 Å². The molecule has 2 aromatic heterocycles. The lowest BCUT2D eigenvalue weighted by molar-refractivity contribution is 0.0697. The number of imidazole rings is 1. The third-order valence-electron chi connectivity index (χ3n) is 2.72. The van der Waals surface area contributed by atoms with E-state index in [4.69, 9.17) is 5.11 Å². The zero-order chi connectivity index (χ0) is 12.5. The van der Waals surface area contributed by atoms with Gasteiger partial charge in [-0.3, -0.25) is 0 Å². The number of carbonyl (C=O) groups is 1. The number of fused-ring (bicyclic) bond motifs is 1. The summed E-state index contributed by atoms with van der Waals surface area (Å²) in [5, 5.41) is 10.0. The van der Waals surface area contributed by atoms with Gasteiger partial charge >= 0.3 is 5.97 Å². The van der Waals surface area contributed by atoms with Gasteiger partial charge in [-0.05, 0) is 23.6 Å². The predicted molar refractivity (Wildman–Crippen MR) is 70.1 cm³/mol. The second-order valence-electron chi connectivity index (χ2n) is 4.01. The lowest BCUT2D eigenvalue weighted by Crippen LogP contribution is -1.94. The molecule has 3 aromatic rings. The van der Waals surface area contributed by atoms with Crippen molar-refractivity contribution in [2.45, 2.75) is 6.54 Å². The maximum atomic E-state index is 10.9. The average Bonchev–Trinajstić information content (AvgIpc) is 2.96. The third-order valence-corrected chi connectivity index (χ3v) is 3.80. The summed E-state index contributed by atoms with van der Waals surface area (Å²) in [5.41, 5.74) is 0.332. The Labute approximate surface area is 107 Å². The number of thiophene rings is 1. The van der Waals surface area contributed by atoms with Crippen LogP contribution in [0.3, 0.4) is 0 Å². The molecule has 1 aromatic carbocycles. The maximum Gasteiger partial charge on any atom is 0.335 e. The van der Waals surface area contributed by atoms with Crippen molar-refractivity contribution in [1.82, 2.24) is 9.55 Å². The molecule has 3 rings (SSSR count). The van der Waals surface area contributed by atoms with Gasteiger partial charge in [0.25, 0.3) is 0 Å². The first-order valence-electron chi connectivity index (χ1n) is 5.44. The number of rotatable bonds is 3. The van der Waals surface area contributed by atoms with Gasteiger partial charge in [0.15, 0.2) is 0 Å². The first-order chi connectivity index (χ1) is 8.72. The topological polar surface area (TPSA) is 55.1 Å². The van der Waals surface area contributed by atoms with Gasteiger partial charge < -0.3 is 9.67 Å². The Morgan fingerprint density at radius 1 is 1.39 bits per heavy atom. The molecular weight excluding hydrogens is 248 g/mol. The average molecular weight is 258 g/mol. The second kappa shape index (κ2) is 4.27. The number of carboxylic acids is 1. The molecule has 0 radical (unpaired) electrons. The van der Waals surface area contributed by atoms with Crippen molar-refractivity contribution in [2.24, 2.45) is 0 Å². The van der Waals surface area contributed by atoms with Crippen LogP contribution < -0.4 is 0 Å². The minimum absolute atomic E-state index is 0.332. The van der Waals surface area contributed by atoms with Crippen LogP contribution >= 0.6 is 11.3 Å². The number of aromatic nitrogens is 2. The Morgan fingerprint density at radius 3 is 3.00 bits per heavy atom. The van der Waals surface area contributed by atoms with Crippen molar-refractivity contribution in [2.75, 3.05) is 0 Å². The molecule has 0 atom stereocenters. The number of nitrogens with zero attached hydrogens (tertiary/aromatic N) is 2. The molecule has 18 heavy (non-hydrogen) atoms. The minimum Gasteiger partial charge on any atom is -0.478 e. The monoisotopic (exact) mass is 258 g/mol. The summed E-state index contributed by atoms with van der Waals surface area (Å²) in [6.07, 6.45) is 5.43. The molecule has 0 aliphatic carbocycles. The van der Waals surface area contributed by atoms with E-state index in [1.54, 1.807) is 36.0 Å². The quantitative estimate of drug-likeness (QED) is 0.786. The summed E-state index contributed by atoms with van der Waals surface area (Å²) < 4.78 is 2.99. The van der Waals surface area contributed by atoms with Crippen LogP contribution in [-0.4, -0.2) is 20.6 Å². The molecule has 1 N–H and O–H groups in total. The Hall–Kier alpha value is -2.14. The minimum atomic E-state index is -0.888. The van der Waals surface area contributed by atoms with E-state index in [9.17, 15) is 4.79 Å². The van der Waals surface area contributed by atoms with Crippen molar-refractivity contribution < 1.29 is 9.90 Å². The fourth-order valence-electron chi connectivity index (χ4n) is 1.86. The van der Waals surface area contributed by atoms with Gasteiger partial charge in [-0.2, -0.15) is 0 Å². The third kappa shape index (κ3) is 2.00. The predicted octanol–water partition coefficient (Wildman–Crippen LogP) is 2.84. The van der Waals surface area contributed by atoms with E-state index in [2.05, 4.69) is 11.1 Å². The van der Waals surface area contributed by atoms with Gasteiger partial charge in [0, 0.05) is 22.0 Å². The Kier molecular flexibility index (Phi) is 2.60. The lowest BCUT2D eigenvalue weighted by atomic mass is 10.2. The zero-order valence-corrected chi connectivity index (χ0v) is 10.2. The van der Waals surface area contributed by atoms with Crippen molar-refractivity contribution in [3.05, 3.63) is 53.4 Å². The van der Waals surface area contributed by atoms with Gasteiger partial charge in [0.1, 0.15) is 0 Å². The van der Waals surface area contributed by atoms with Crippen LogP contribution in [0, 0.1) is 0 Å². The van der Waals surface area contributed by atoms with E-state index in [1.807, 2.05) is 16.8 Å². The molecular formula is C13H10N2O2S. The standard InChI is InChI=1S/C13H10N2O2S/c16-13(17)10-2-1-9-5-11(18-12(9)6-10)7-15-4-3-14-8-15/h1-6,8H,7H2,(H,16,17). The Balaban J connectivity index is 1.98. The van der Waals surface area contributed by atoms with Gasteiger partial charge in [0.2, 0.25) is 0 Å². The van der Waals surface area contributed by atoms with Gasteiger partial charge in [-0.15, -0.1) is 11.3 Å². The number of benzene rings is 1. The first kappa shape index (κ1) is 11.0. The second-order valence-corrected chi connectivity index (χ2v) is 5.17. The van der Waals surface area contributed by atoms with Crippen LogP contribution in [0.25, 0.3) is 10.1 Å². The van der Waals surface area contributed by atoms with Crippen molar-refractivity contribution in [3.63, 3.8) is 0 Å². The molecule has 0 aliphatic rings. The molecule has 0 fully saturated rings. The van der Waals surface area contributed by atoms with Crippen LogP contribution in [-0.2, 0) is 6.54 Å². The van der Waals surface area contributed by atoms with E-state index < -0.39 is 5.97 Å². The normalized spacial score (nSPS) is 10.9. The lowest BCUT2D eigenvalue weighted by Gasteiger charge is -1.96. The number of aromatic carboxylic acids is 1. The van der Waals surface area contributed by atoms with E-state index in [1.165, 1.54) is 4.88 Å². The van der Waals surface area contributed by atoms with Gasteiger partial charge in [-0.25, -0.2) is 9.78 Å². The fraction of sp³-hybridized carbons (Fsp3) is 0.0769. The molecule has 0 spiro atoms. The summed E-state index contributed by atoms with van der Waals surface area (Å²) in [7, 11) is 0. The molecule has 0 unspecified atom stereocenters. The maximum absolute atomic E-state index is 10.9. The Morgan fingerprint density at radius 2 is 2.28 bits per heavy atom. The summed E-state index contributed by atoms with van der Waals surface area (Å²) in [6, 6.07) is 7.30. The van der Waals surface area contributed by atoms with E-state index >= 15 is 0 Å². The van der Waals surface area contributed by atoms with Crippen LogP contribution in [0.4, 0.5) is 0 Å². The highest BCUT2D eigenvalue weighted by Gasteiger charge is 2.07. The van der Waals surface area contributed by atoms with Crippen LogP contribution in [0.5, 0.6) is 0 Å². The molecule has 0 amide bonds. The fourth-order valence-corrected chi connectivity index (χ4v) is 2.97. The molecule has 0 saturated heterocycles.